The smallest absolute Gasteiger partial charge is 0.282 e. The topological polar surface area (TPSA) is 49.9 Å². The average Bonchev–Trinajstić information content (AvgIpc) is 2.68. The van der Waals surface area contributed by atoms with E-state index in [0.717, 1.165) is 17.5 Å². The first-order valence-corrected chi connectivity index (χ1v) is 10.1. The molecule has 2 aliphatic rings. The molecule has 7 heteroatoms. The van der Waals surface area contributed by atoms with Crippen molar-refractivity contribution < 1.29 is 17.5 Å². The molecule has 1 saturated heterocycles. The van der Waals surface area contributed by atoms with Crippen LogP contribution in [0.25, 0.3) is 0 Å². The fourth-order valence-corrected chi connectivity index (χ4v) is 5.12. The van der Waals surface area contributed by atoms with Crippen LogP contribution in [0.4, 0.5) is 4.39 Å². The molecule has 0 radical (unpaired) electrons. The van der Waals surface area contributed by atoms with Crippen molar-refractivity contribution in [1.29, 1.82) is 0 Å². The average molecular weight is 376 g/mol. The third kappa shape index (κ3) is 3.40. The van der Waals surface area contributed by atoms with Gasteiger partial charge in [-0.05, 0) is 35.2 Å². The maximum Gasteiger partial charge on any atom is 0.282 e. The van der Waals surface area contributed by atoms with E-state index in [2.05, 4.69) is 6.07 Å². The summed E-state index contributed by atoms with van der Waals surface area (Å²) >= 11 is 0. The molecule has 138 valence electrons. The van der Waals surface area contributed by atoms with E-state index in [-0.39, 0.29) is 18.5 Å². The number of nitrogens with zero attached hydrogens (tertiary/aromatic N) is 2. The zero-order chi connectivity index (χ0) is 18.1. The Balaban J connectivity index is 1.51. The monoisotopic (exact) mass is 376 g/mol. The van der Waals surface area contributed by atoms with E-state index in [1.54, 1.807) is 16.4 Å². The number of benzene rings is 2. The SMILES string of the molecule is O=S(=O)(N1CCc2ccccc2C1)N1CCO[C@H](c2ccc(F)cc2)C1. The number of hydrogen-bond donors (Lipinski definition) is 0. The van der Waals surface area contributed by atoms with Crippen LogP contribution in [-0.4, -0.2) is 43.3 Å². The summed E-state index contributed by atoms with van der Waals surface area (Å²) in [7, 11) is -3.56. The van der Waals surface area contributed by atoms with Crippen LogP contribution in [-0.2, 0) is 27.9 Å². The molecule has 0 aliphatic carbocycles. The first kappa shape index (κ1) is 17.6. The summed E-state index contributed by atoms with van der Waals surface area (Å²) in [6, 6.07) is 14.0. The molecule has 0 unspecified atom stereocenters. The largest absolute Gasteiger partial charge is 0.371 e. The molecule has 2 heterocycles. The van der Waals surface area contributed by atoms with E-state index in [4.69, 9.17) is 4.74 Å². The number of morpholine rings is 1. The molecule has 2 aliphatic heterocycles. The number of fused-ring (bicyclic) bond motifs is 1. The minimum Gasteiger partial charge on any atom is -0.371 e. The molecule has 0 spiro atoms. The van der Waals surface area contributed by atoms with Gasteiger partial charge in [0.15, 0.2) is 0 Å². The maximum absolute atomic E-state index is 13.1. The van der Waals surface area contributed by atoms with E-state index in [1.807, 2.05) is 18.2 Å². The van der Waals surface area contributed by atoms with Gasteiger partial charge < -0.3 is 4.74 Å². The molecule has 0 saturated carbocycles. The molecule has 1 atom stereocenters. The van der Waals surface area contributed by atoms with Gasteiger partial charge in [-0.3, -0.25) is 0 Å². The predicted octanol–water partition coefficient (Wildman–Crippen LogP) is 2.50. The molecule has 2 aromatic rings. The Morgan fingerprint density at radius 1 is 0.962 bits per heavy atom. The highest BCUT2D eigenvalue weighted by Crippen LogP contribution is 2.27. The van der Waals surface area contributed by atoms with Crippen molar-refractivity contribution >= 4 is 10.2 Å². The van der Waals surface area contributed by atoms with Gasteiger partial charge in [0.1, 0.15) is 5.82 Å². The fourth-order valence-electron chi connectivity index (χ4n) is 3.54. The van der Waals surface area contributed by atoms with E-state index in [1.165, 1.54) is 22.0 Å². The highest BCUT2D eigenvalue weighted by Gasteiger charge is 2.36. The Kier molecular flexibility index (Phi) is 4.79. The standard InChI is InChI=1S/C19H21FN2O3S/c20-18-7-5-16(6-8-18)19-14-22(11-12-25-19)26(23,24)21-10-9-15-3-1-2-4-17(15)13-21/h1-8,19H,9-14H2/t19-/m0/s1. The number of ether oxygens (including phenoxy) is 1. The lowest BCUT2D eigenvalue weighted by atomic mass is 10.0. The minimum atomic E-state index is -3.56. The van der Waals surface area contributed by atoms with E-state index >= 15 is 0 Å². The number of hydrogen-bond acceptors (Lipinski definition) is 3. The van der Waals surface area contributed by atoms with Gasteiger partial charge in [0.2, 0.25) is 0 Å². The second-order valence-electron chi connectivity index (χ2n) is 6.63. The van der Waals surface area contributed by atoms with Gasteiger partial charge in [0.05, 0.1) is 12.7 Å². The highest BCUT2D eigenvalue weighted by molar-refractivity contribution is 7.86. The zero-order valence-electron chi connectivity index (χ0n) is 14.3. The third-order valence-corrected chi connectivity index (χ3v) is 6.97. The van der Waals surface area contributed by atoms with Crippen molar-refractivity contribution in [3.05, 3.63) is 71.0 Å². The summed E-state index contributed by atoms with van der Waals surface area (Å²) < 4.78 is 48.1. The molecule has 1 fully saturated rings. The van der Waals surface area contributed by atoms with Crippen LogP contribution >= 0.6 is 0 Å². The van der Waals surface area contributed by atoms with Crippen molar-refractivity contribution in [2.75, 3.05) is 26.2 Å². The van der Waals surface area contributed by atoms with Crippen molar-refractivity contribution in [1.82, 2.24) is 8.61 Å². The normalized spacial score (nSPS) is 22.1. The Bertz CT molecular complexity index is 886. The van der Waals surface area contributed by atoms with Gasteiger partial charge in [-0.1, -0.05) is 36.4 Å². The lowest BCUT2D eigenvalue weighted by Gasteiger charge is -2.37. The summed E-state index contributed by atoms with van der Waals surface area (Å²) in [5, 5.41) is 0. The van der Waals surface area contributed by atoms with Gasteiger partial charge in [0, 0.05) is 26.2 Å². The molecule has 0 amide bonds. The van der Waals surface area contributed by atoms with Gasteiger partial charge in [-0.25, -0.2) is 4.39 Å². The highest BCUT2D eigenvalue weighted by atomic mass is 32.2. The van der Waals surface area contributed by atoms with E-state index in [9.17, 15) is 12.8 Å². The first-order chi connectivity index (χ1) is 12.5. The molecule has 5 nitrogen and oxygen atoms in total. The van der Waals surface area contributed by atoms with Crippen LogP contribution in [0, 0.1) is 5.82 Å². The Morgan fingerprint density at radius 2 is 1.69 bits per heavy atom. The minimum absolute atomic E-state index is 0.242. The second kappa shape index (κ2) is 7.08. The molecule has 26 heavy (non-hydrogen) atoms. The lowest BCUT2D eigenvalue weighted by molar-refractivity contribution is -0.00449. The van der Waals surface area contributed by atoms with Crippen LogP contribution in [0.1, 0.15) is 22.8 Å². The number of rotatable bonds is 3. The van der Waals surface area contributed by atoms with Crippen LogP contribution in [0.15, 0.2) is 48.5 Å². The van der Waals surface area contributed by atoms with Crippen molar-refractivity contribution in [2.24, 2.45) is 0 Å². The predicted molar refractivity (Wildman–Crippen MR) is 96.1 cm³/mol. The van der Waals surface area contributed by atoms with Crippen LogP contribution < -0.4 is 0 Å². The summed E-state index contributed by atoms with van der Waals surface area (Å²) in [6.45, 7) is 1.78. The Hall–Kier alpha value is -1.80. The quantitative estimate of drug-likeness (QED) is 0.827. The van der Waals surface area contributed by atoms with Crippen LogP contribution in [0.2, 0.25) is 0 Å². The van der Waals surface area contributed by atoms with Crippen LogP contribution in [0.5, 0.6) is 0 Å². The van der Waals surface area contributed by atoms with Gasteiger partial charge in [0.25, 0.3) is 10.2 Å². The molecule has 4 rings (SSSR count). The molecule has 2 aromatic carbocycles. The Labute approximate surface area is 153 Å². The van der Waals surface area contributed by atoms with Gasteiger partial charge >= 0.3 is 0 Å². The Morgan fingerprint density at radius 3 is 2.46 bits per heavy atom. The fraction of sp³-hybridized carbons (Fsp3) is 0.368. The molecular formula is C19H21FN2O3S. The third-order valence-electron chi connectivity index (χ3n) is 5.02. The van der Waals surface area contributed by atoms with Gasteiger partial charge in [-0.2, -0.15) is 17.0 Å². The number of halogens is 1. The summed E-state index contributed by atoms with van der Waals surface area (Å²) in [5.41, 5.74) is 3.06. The maximum atomic E-state index is 13.1. The summed E-state index contributed by atoms with van der Waals surface area (Å²) in [6.07, 6.45) is 0.345. The second-order valence-corrected chi connectivity index (χ2v) is 8.56. The molecule has 0 aromatic heterocycles. The van der Waals surface area contributed by atoms with Crippen molar-refractivity contribution in [3.8, 4) is 0 Å². The zero-order valence-corrected chi connectivity index (χ0v) is 15.2. The molecule has 0 bridgehead atoms. The van der Waals surface area contributed by atoms with Crippen LogP contribution in [0.3, 0.4) is 0 Å². The molecule has 0 N–H and O–H groups in total. The van der Waals surface area contributed by atoms with E-state index in [0.29, 0.717) is 26.2 Å². The molecular weight excluding hydrogens is 355 g/mol. The lowest BCUT2D eigenvalue weighted by Crippen LogP contribution is -2.50. The van der Waals surface area contributed by atoms with Crippen molar-refractivity contribution in [2.45, 2.75) is 19.1 Å². The summed E-state index contributed by atoms with van der Waals surface area (Å²) in [4.78, 5) is 0. The van der Waals surface area contributed by atoms with Crippen molar-refractivity contribution in [3.63, 3.8) is 0 Å². The first-order valence-electron chi connectivity index (χ1n) is 8.73. The summed E-state index contributed by atoms with van der Waals surface area (Å²) in [5.74, 6) is -0.319. The van der Waals surface area contributed by atoms with E-state index < -0.39 is 10.2 Å². The van der Waals surface area contributed by atoms with Gasteiger partial charge in [-0.15, -0.1) is 0 Å².